The lowest BCUT2D eigenvalue weighted by molar-refractivity contribution is -0.157. The van der Waals surface area contributed by atoms with E-state index in [-0.39, 0.29) is 11.4 Å². The van der Waals surface area contributed by atoms with Crippen molar-refractivity contribution in [1.29, 1.82) is 0 Å². The fraction of sp³-hybridized carbons (Fsp3) is 0.975. The predicted octanol–water partition coefficient (Wildman–Crippen LogP) is 14.3. The first-order valence-electron chi connectivity index (χ1n) is 19.7. The first-order valence-corrected chi connectivity index (χ1v) is 19.7. The van der Waals surface area contributed by atoms with Crippen LogP contribution in [-0.2, 0) is 9.53 Å². The molecule has 0 bridgehead atoms. The van der Waals surface area contributed by atoms with Gasteiger partial charge in [-0.15, -0.1) is 0 Å². The molecule has 2 heteroatoms. The number of unbranched alkanes of at least 4 members (excludes halogenated alkanes) is 17. The van der Waals surface area contributed by atoms with E-state index in [1.54, 1.807) is 0 Å². The minimum atomic E-state index is -0.241. The van der Waals surface area contributed by atoms with E-state index in [0.29, 0.717) is 12.0 Å². The SMILES string of the molecule is CCCCCCC(CCCCCC)(CCCCCC)CCCCCC(CCCCCC)(CCCCCC)C(=O)OCC. The summed E-state index contributed by atoms with van der Waals surface area (Å²) in [6, 6.07) is 0. The summed E-state index contributed by atoms with van der Waals surface area (Å²) >= 11 is 0. The van der Waals surface area contributed by atoms with Crippen molar-refractivity contribution in [1.82, 2.24) is 0 Å². The molecule has 0 amide bonds. The van der Waals surface area contributed by atoms with Crippen molar-refractivity contribution in [2.75, 3.05) is 6.61 Å². The van der Waals surface area contributed by atoms with Crippen molar-refractivity contribution in [2.45, 2.75) is 234 Å². The molecule has 0 aliphatic heterocycles. The Morgan fingerprint density at radius 1 is 0.381 bits per heavy atom. The molecule has 0 rings (SSSR count). The minimum Gasteiger partial charge on any atom is -0.466 e. The number of rotatable bonds is 33. The van der Waals surface area contributed by atoms with Crippen LogP contribution in [0.15, 0.2) is 0 Å². The summed E-state index contributed by atoms with van der Waals surface area (Å²) in [6.07, 6.45) is 39.4. The lowest BCUT2D eigenvalue weighted by Crippen LogP contribution is -2.33. The van der Waals surface area contributed by atoms with E-state index in [2.05, 4.69) is 34.6 Å². The highest BCUT2D eigenvalue weighted by molar-refractivity contribution is 5.76. The van der Waals surface area contributed by atoms with Gasteiger partial charge in [0.2, 0.25) is 0 Å². The van der Waals surface area contributed by atoms with Crippen LogP contribution in [0.1, 0.15) is 234 Å². The van der Waals surface area contributed by atoms with Crippen LogP contribution in [0.5, 0.6) is 0 Å². The molecule has 252 valence electrons. The average molecular weight is 593 g/mol. The largest absolute Gasteiger partial charge is 0.466 e. The van der Waals surface area contributed by atoms with Crippen LogP contribution in [0.25, 0.3) is 0 Å². The number of carbonyl (C=O) groups excluding carboxylic acids is 1. The van der Waals surface area contributed by atoms with Crippen molar-refractivity contribution in [3.63, 3.8) is 0 Å². The van der Waals surface area contributed by atoms with Crippen LogP contribution in [0.3, 0.4) is 0 Å². The number of carbonyl (C=O) groups is 1. The lowest BCUT2D eigenvalue weighted by atomic mass is 9.70. The third kappa shape index (κ3) is 20.4. The number of hydrogen-bond donors (Lipinski definition) is 0. The molecule has 0 spiro atoms. The Labute approximate surface area is 266 Å². The summed E-state index contributed by atoms with van der Waals surface area (Å²) in [7, 11) is 0. The molecule has 0 aliphatic rings. The zero-order valence-electron chi connectivity index (χ0n) is 30.2. The normalized spacial score (nSPS) is 12.2. The highest BCUT2D eigenvalue weighted by Gasteiger charge is 2.38. The summed E-state index contributed by atoms with van der Waals surface area (Å²) in [5.41, 5.74) is 0.322. The smallest absolute Gasteiger partial charge is 0.312 e. The molecule has 0 fully saturated rings. The first-order chi connectivity index (χ1) is 20.5. The van der Waals surface area contributed by atoms with Gasteiger partial charge < -0.3 is 4.74 Å². The molecule has 42 heavy (non-hydrogen) atoms. The highest BCUT2D eigenvalue weighted by atomic mass is 16.5. The number of esters is 1. The van der Waals surface area contributed by atoms with E-state index in [1.807, 2.05) is 6.92 Å². The molecular weight excluding hydrogens is 512 g/mol. The third-order valence-electron chi connectivity index (χ3n) is 10.3. The molecule has 0 atom stereocenters. The van der Waals surface area contributed by atoms with Gasteiger partial charge in [-0.3, -0.25) is 4.79 Å². The predicted molar refractivity (Wildman–Crippen MR) is 188 cm³/mol. The minimum absolute atomic E-state index is 0.120. The summed E-state index contributed by atoms with van der Waals surface area (Å²) < 4.78 is 5.79. The van der Waals surface area contributed by atoms with E-state index in [0.717, 1.165) is 19.3 Å². The zero-order chi connectivity index (χ0) is 31.2. The second-order valence-corrected chi connectivity index (χ2v) is 14.1. The second-order valence-electron chi connectivity index (χ2n) is 14.1. The Hall–Kier alpha value is -0.530. The molecule has 2 nitrogen and oxygen atoms in total. The summed E-state index contributed by atoms with van der Waals surface area (Å²) in [4.78, 5) is 13.5. The third-order valence-corrected chi connectivity index (χ3v) is 10.3. The Morgan fingerprint density at radius 2 is 0.643 bits per heavy atom. The van der Waals surface area contributed by atoms with Crippen LogP contribution < -0.4 is 0 Å². The molecular formula is C40H80O2. The van der Waals surface area contributed by atoms with E-state index in [4.69, 9.17) is 4.74 Å². The monoisotopic (exact) mass is 593 g/mol. The molecule has 0 saturated heterocycles. The summed E-state index contributed by atoms with van der Waals surface area (Å²) in [5.74, 6) is 0.120. The van der Waals surface area contributed by atoms with E-state index < -0.39 is 0 Å². The molecule has 0 aromatic heterocycles. The maximum atomic E-state index is 13.5. The van der Waals surface area contributed by atoms with E-state index in [1.165, 1.54) is 173 Å². The molecule has 0 heterocycles. The molecule has 0 aromatic rings. The summed E-state index contributed by atoms with van der Waals surface area (Å²) in [5, 5.41) is 0. The Bertz CT molecular complexity index is 525. The molecule has 0 aromatic carbocycles. The Morgan fingerprint density at radius 3 is 0.905 bits per heavy atom. The fourth-order valence-electron chi connectivity index (χ4n) is 7.42. The quantitative estimate of drug-likeness (QED) is 0.0559. The van der Waals surface area contributed by atoms with Gasteiger partial charge in [-0.05, 0) is 57.3 Å². The molecule has 0 saturated carbocycles. The topological polar surface area (TPSA) is 26.3 Å². The zero-order valence-corrected chi connectivity index (χ0v) is 30.2. The van der Waals surface area contributed by atoms with Crippen molar-refractivity contribution in [3.05, 3.63) is 0 Å². The maximum absolute atomic E-state index is 13.5. The van der Waals surface area contributed by atoms with Gasteiger partial charge in [-0.25, -0.2) is 0 Å². The van der Waals surface area contributed by atoms with Crippen LogP contribution in [0.2, 0.25) is 0 Å². The van der Waals surface area contributed by atoms with Crippen molar-refractivity contribution in [2.24, 2.45) is 10.8 Å². The van der Waals surface area contributed by atoms with Crippen molar-refractivity contribution in [3.8, 4) is 0 Å². The number of hydrogen-bond acceptors (Lipinski definition) is 2. The van der Waals surface area contributed by atoms with Crippen molar-refractivity contribution >= 4 is 5.97 Å². The Kier molecular flexibility index (Phi) is 28.8. The van der Waals surface area contributed by atoms with E-state index in [9.17, 15) is 4.79 Å². The fourth-order valence-corrected chi connectivity index (χ4v) is 7.42. The van der Waals surface area contributed by atoms with Gasteiger partial charge in [0.05, 0.1) is 12.0 Å². The van der Waals surface area contributed by atoms with Gasteiger partial charge in [0.1, 0.15) is 0 Å². The van der Waals surface area contributed by atoms with Gasteiger partial charge in [0, 0.05) is 0 Å². The second kappa shape index (κ2) is 29.2. The van der Waals surface area contributed by atoms with Gasteiger partial charge in [-0.1, -0.05) is 182 Å². The standard InChI is InChI=1S/C40H80O2/c1-7-13-18-24-31-39(32-25-19-14-8-2,33-26-20-15-9-3)34-27-23-30-37-40(38(41)42-12-6,35-28-21-16-10-4)36-29-22-17-11-5/h7-37H2,1-6H3. The average Bonchev–Trinajstić information content (AvgIpc) is 2.99. The van der Waals surface area contributed by atoms with Crippen LogP contribution in [0.4, 0.5) is 0 Å². The van der Waals surface area contributed by atoms with Gasteiger partial charge >= 0.3 is 5.97 Å². The van der Waals surface area contributed by atoms with Crippen molar-refractivity contribution < 1.29 is 9.53 Å². The molecule has 0 aliphatic carbocycles. The first kappa shape index (κ1) is 41.5. The van der Waals surface area contributed by atoms with Crippen LogP contribution >= 0.6 is 0 Å². The lowest BCUT2D eigenvalue weighted by Gasteiger charge is -2.35. The Balaban J connectivity index is 5.44. The van der Waals surface area contributed by atoms with Crippen LogP contribution in [-0.4, -0.2) is 12.6 Å². The molecule has 0 unspecified atom stereocenters. The molecule has 0 radical (unpaired) electrons. The van der Waals surface area contributed by atoms with Crippen LogP contribution in [0, 0.1) is 10.8 Å². The number of ether oxygens (including phenoxy) is 1. The summed E-state index contributed by atoms with van der Waals surface area (Å²) in [6.45, 7) is 14.1. The highest BCUT2D eigenvalue weighted by Crippen LogP contribution is 2.43. The van der Waals surface area contributed by atoms with Gasteiger partial charge in [0.15, 0.2) is 0 Å². The maximum Gasteiger partial charge on any atom is 0.312 e. The van der Waals surface area contributed by atoms with Gasteiger partial charge in [-0.2, -0.15) is 0 Å². The van der Waals surface area contributed by atoms with Gasteiger partial charge in [0.25, 0.3) is 0 Å². The molecule has 0 N–H and O–H groups in total. The van der Waals surface area contributed by atoms with E-state index >= 15 is 0 Å².